The number of amides is 1. The average molecular weight is 243 g/mol. The van der Waals surface area contributed by atoms with E-state index in [1.807, 2.05) is 0 Å². The minimum atomic E-state index is -0.837. The maximum Gasteiger partial charge on any atom is 0.404 e. The number of nitrogens with two attached hydrogens (primary N) is 1. The molecule has 0 aromatic rings. The van der Waals surface area contributed by atoms with Crippen molar-refractivity contribution >= 4 is 6.09 Å². The molecular weight excluding hydrogens is 222 g/mol. The van der Waals surface area contributed by atoms with E-state index in [-0.39, 0.29) is 19.8 Å². The van der Waals surface area contributed by atoms with Gasteiger partial charge < -0.3 is 19.9 Å². The third-order valence-electron chi connectivity index (χ3n) is 1.97. The third kappa shape index (κ3) is 11.0. The highest BCUT2D eigenvalue weighted by Crippen LogP contribution is 1.99. The molecule has 0 spiro atoms. The first kappa shape index (κ1) is 15.8. The number of ether oxygens (including phenoxy) is 3. The van der Waals surface area contributed by atoms with Crippen molar-refractivity contribution in [2.24, 2.45) is 5.73 Å². The minimum absolute atomic E-state index is 0.175. The molecule has 1 unspecified atom stereocenters. The summed E-state index contributed by atoms with van der Waals surface area (Å²) in [6.45, 7) is 3.40. The number of hydrogen-bond donors (Lipinski definition) is 1. The van der Waals surface area contributed by atoms with Gasteiger partial charge in [0.1, 0.15) is 6.61 Å². The maximum absolute atomic E-state index is 10.6. The van der Waals surface area contributed by atoms with E-state index in [4.69, 9.17) is 26.4 Å². The first-order valence-electron chi connectivity index (χ1n) is 5.75. The predicted octanol–water partition coefficient (Wildman–Crippen LogP) is 1.31. The molecule has 0 radical (unpaired) electrons. The molecule has 0 heterocycles. The molecule has 0 aliphatic rings. The van der Waals surface area contributed by atoms with E-state index in [0.717, 1.165) is 19.3 Å². The lowest BCUT2D eigenvalue weighted by Crippen LogP contribution is -2.31. The van der Waals surface area contributed by atoms with Crippen LogP contribution in [-0.4, -0.2) is 38.6 Å². The van der Waals surface area contributed by atoms with Gasteiger partial charge in [0.05, 0.1) is 13.2 Å². The molecule has 0 rings (SSSR count). The molecule has 0 saturated carbocycles. The van der Waals surface area contributed by atoms with E-state index < -0.39 is 12.2 Å². The fourth-order valence-electron chi connectivity index (χ4n) is 1.20. The van der Waals surface area contributed by atoms with Gasteiger partial charge in [0.2, 0.25) is 0 Å². The molecule has 0 aliphatic carbocycles. The summed E-state index contributed by atoms with van der Waals surface area (Å²) in [4.78, 5) is 10.6. The van der Waals surface area contributed by atoms with Crippen molar-refractivity contribution in [3.8, 4) is 12.3 Å². The van der Waals surface area contributed by atoms with Gasteiger partial charge in [-0.1, -0.05) is 25.7 Å². The van der Waals surface area contributed by atoms with Crippen LogP contribution in [0.1, 0.15) is 26.2 Å². The van der Waals surface area contributed by atoms with Crippen LogP contribution in [0.4, 0.5) is 4.79 Å². The molecule has 0 aromatic heterocycles. The Bertz CT molecular complexity index is 237. The first-order valence-corrected chi connectivity index (χ1v) is 5.75. The Morgan fingerprint density at radius 2 is 2.06 bits per heavy atom. The van der Waals surface area contributed by atoms with Gasteiger partial charge in [-0.25, -0.2) is 4.79 Å². The van der Waals surface area contributed by atoms with E-state index in [2.05, 4.69) is 12.8 Å². The van der Waals surface area contributed by atoms with E-state index in [9.17, 15) is 4.79 Å². The van der Waals surface area contributed by atoms with Crippen LogP contribution in [0.15, 0.2) is 0 Å². The normalized spacial score (nSPS) is 11.8. The Hall–Kier alpha value is -1.25. The number of rotatable bonds is 10. The molecular formula is C12H21NO4. The molecule has 98 valence electrons. The summed E-state index contributed by atoms with van der Waals surface area (Å²) in [6, 6.07) is 0. The summed E-state index contributed by atoms with van der Waals surface area (Å²) >= 11 is 0. The Kier molecular flexibility index (Phi) is 10.4. The van der Waals surface area contributed by atoms with Gasteiger partial charge in [-0.15, -0.1) is 6.42 Å². The highest BCUT2D eigenvalue weighted by atomic mass is 16.6. The zero-order valence-electron chi connectivity index (χ0n) is 10.3. The van der Waals surface area contributed by atoms with Crippen LogP contribution in [0, 0.1) is 12.3 Å². The Labute approximate surface area is 103 Å². The molecule has 5 nitrogen and oxygen atoms in total. The predicted molar refractivity (Wildman–Crippen MR) is 64.5 cm³/mol. The van der Waals surface area contributed by atoms with Crippen molar-refractivity contribution in [3.63, 3.8) is 0 Å². The van der Waals surface area contributed by atoms with Crippen LogP contribution in [-0.2, 0) is 14.2 Å². The van der Waals surface area contributed by atoms with E-state index in [1.165, 1.54) is 0 Å². The second-order valence-electron chi connectivity index (χ2n) is 3.56. The number of terminal acetylenes is 1. The van der Waals surface area contributed by atoms with Crippen LogP contribution in [0.2, 0.25) is 0 Å². The SMILES string of the molecule is C#CCOCC(COCCCCC)OC(N)=O. The summed E-state index contributed by atoms with van der Waals surface area (Å²) in [5.74, 6) is 2.33. The average Bonchev–Trinajstić information content (AvgIpc) is 2.28. The smallest absolute Gasteiger partial charge is 0.404 e. The first-order chi connectivity index (χ1) is 8.20. The van der Waals surface area contributed by atoms with Crippen molar-refractivity contribution in [3.05, 3.63) is 0 Å². The van der Waals surface area contributed by atoms with Crippen LogP contribution in [0.25, 0.3) is 0 Å². The Morgan fingerprint density at radius 1 is 1.35 bits per heavy atom. The third-order valence-corrected chi connectivity index (χ3v) is 1.97. The quantitative estimate of drug-likeness (QED) is 0.464. The standard InChI is InChI=1S/C12H21NO4/c1-3-5-6-8-16-10-11(17-12(13)14)9-15-7-4-2/h2,11H,3,5-10H2,1H3,(H2,13,14). The Balaban J connectivity index is 3.69. The van der Waals surface area contributed by atoms with Gasteiger partial charge in [0.15, 0.2) is 6.10 Å². The molecule has 1 atom stereocenters. The molecule has 5 heteroatoms. The largest absolute Gasteiger partial charge is 0.441 e. The topological polar surface area (TPSA) is 70.8 Å². The van der Waals surface area contributed by atoms with Crippen molar-refractivity contribution in [1.82, 2.24) is 0 Å². The van der Waals surface area contributed by atoms with E-state index in [0.29, 0.717) is 6.61 Å². The van der Waals surface area contributed by atoms with Crippen molar-refractivity contribution in [2.45, 2.75) is 32.3 Å². The molecule has 1 amide bonds. The zero-order chi connectivity index (χ0) is 12.9. The monoisotopic (exact) mass is 243 g/mol. The summed E-state index contributed by atoms with van der Waals surface area (Å²) in [6.07, 6.45) is 6.94. The molecule has 0 bridgehead atoms. The van der Waals surface area contributed by atoms with Gasteiger partial charge >= 0.3 is 6.09 Å². The molecule has 0 aromatic carbocycles. The molecule has 17 heavy (non-hydrogen) atoms. The van der Waals surface area contributed by atoms with Crippen LogP contribution in [0.5, 0.6) is 0 Å². The highest BCUT2D eigenvalue weighted by Gasteiger charge is 2.12. The van der Waals surface area contributed by atoms with Crippen LogP contribution < -0.4 is 5.73 Å². The molecule has 0 aliphatic heterocycles. The summed E-state index contributed by atoms with van der Waals surface area (Å²) in [7, 11) is 0. The van der Waals surface area contributed by atoms with Crippen LogP contribution in [0.3, 0.4) is 0 Å². The van der Waals surface area contributed by atoms with Crippen molar-refractivity contribution in [2.75, 3.05) is 26.4 Å². The minimum Gasteiger partial charge on any atom is -0.441 e. The van der Waals surface area contributed by atoms with Gasteiger partial charge in [0.25, 0.3) is 0 Å². The van der Waals surface area contributed by atoms with Gasteiger partial charge in [-0.3, -0.25) is 0 Å². The number of hydrogen-bond acceptors (Lipinski definition) is 4. The van der Waals surface area contributed by atoms with Gasteiger partial charge in [-0.2, -0.15) is 0 Å². The summed E-state index contributed by atoms with van der Waals surface area (Å²) in [5, 5.41) is 0. The second kappa shape index (κ2) is 11.2. The fraction of sp³-hybridized carbons (Fsp3) is 0.750. The van der Waals surface area contributed by atoms with E-state index in [1.54, 1.807) is 0 Å². The second-order valence-corrected chi connectivity index (χ2v) is 3.56. The Morgan fingerprint density at radius 3 is 2.65 bits per heavy atom. The lowest BCUT2D eigenvalue weighted by molar-refractivity contribution is -0.0203. The van der Waals surface area contributed by atoms with Gasteiger partial charge in [-0.05, 0) is 6.42 Å². The van der Waals surface area contributed by atoms with E-state index >= 15 is 0 Å². The van der Waals surface area contributed by atoms with Crippen molar-refractivity contribution in [1.29, 1.82) is 0 Å². The number of carbonyl (C=O) groups excluding carboxylic acids is 1. The van der Waals surface area contributed by atoms with Crippen molar-refractivity contribution < 1.29 is 19.0 Å². The lowest BCUT2D eigenvalue weighted by atomic mass is 10.3. The lowest BCUT2D eigenvalue weighted by Gasteiger charge is -2.16. The molecule has 2 N–H and O–H groups in total. The maximum atomic E-state index is 10.6. The number of carbonyl (C=O) groups is 1. The zero-order valence-corrected chi connectivity index (χ0v) is 10.3. The highest BCUT2D eigenvalue weighted by molar-refractivity contribution is 5.64. The number of primary amides is 1. The molecule has 0 saturated heterocycles. The summed E-state index contributed by atoms with van der Waals surface area (Å²) in [5.41, 5.74) is 4.94. The molecule has 0 fully saturated rings. The number of unbranched alkanes of at least 4 members (excludes halogenated alkanes) is 2. The summed E-state index contributed by atoms with van der Waals surface area (Å²) < 4.78 is 15.3. The fourth-order valence-corrected chi connectivity index (χ4v) is 1.20. The van der Waals surface area contributed by atoms with Gasteiger partial charge in [0, 0.05) is 6.61 Å². The van der Waals surface area contributed by atoms with Crippen LogP contribution >= 0.6 is 0 Å².